The van der Waals surface area contributed by atoms with Gasteiger partial charge in [-0.2, -0.15) is 0 Å². The Balaban J connectivity index is 1.10. The van der Waals surface area contributed by atoms with Crippen LogP contribution in [0.5, 0.6) is 0 Å². The molecule has 0 saturated heterocycles. The molecule has 0 bridgehead atoms. The van der Waals surface area contributed by atoms with Crippen LogP contribution in [0.3, 0.4) is 0 Å². The first-order chi connectivity index (χ1) is 26.8. The lowest BCUT2D eigenvalue weighted by Crippen LogP contribution is -2.11. The van der Waals surface area contributed by atoms with E-state index in [1.165, 1.54) is 81.1 Å². The van der Waals surface area contributed by atoms with Crippen LogP contribution in [0.2, 0.25) is 0 Å². The summed E-state index contributed by atoms with van der Waals surface area (Å²) in [7, 11) is 0. The van der Waals surface area contributed by atoms with Gasteiger partial charge in [0.1, 0.15) is 0 Å². The minimum absolute atomic E-state index is 1.11. The van der Waals surface area contributed by atoms with E-state index in [1.54, 1.807) is 0 Å². The molecule has 0 unspecified atom stereocenters. The predicted molar refractivity (Wildman–Crippen MR) is 233 cm³/mol. The van der Waals surface area contributed by atoms with Gasteiger partial charge < -0.3 is 4.90 Å². The molecule has 10 aromatic rings. The molecule has 0 aliphatic carbocycles. The molecule has 0 atom stereocenters. The zero-order valence-electron chi connectivity index (χ0n) is 29.6. The molecule has 9 aromatic carbocycles. The molecule has 10 rings (SSSR count). The molecule has 254 valence electrons. The molecular weight excluding hydrogens is 671 g/mol. The minimum Gasteiger partial charge on any atom is -0.309 e. The molecule has 2 heteroatoms. The Labute approximate surface area is 319 Å². The second-order valence-corrected chi connectivity index (χ2v) is 14.8. The van der Waals surface area contributed by atoms with E-state index in [-0.39, 0.29) is 0 Å². The van der Waals surface area contributed by atoms with Gasteiger partial charge in [0, 0.05) is 31.4 Å². The van der Waals surface area contributed by atoms with Crippen LogP contribution in [0.25, 0.3) is 75.5 Å². The average Bonchev–Trinajstić information content (AvgIpc) is 3.64. The normalized spacial score (nSPS) is 11.3. The second-order valence-electron chi connectivity index (χ2n) is 13.7. The van der Waals surface area contributed by atoms with E-state index in [2.05, 4.69) is 217 Å². The number of hydrogen-bond acceptors (Lipinski definition) is 2. The van der Waals surface area contributed by atoms with E-state index >= 15 is 0 Å². The van der Waals surface area contributed by atoms with Gasteiger partial charge in [-0.25, -0.2) is 0 Å². The van der Waals surface area contributed by atoms with Crippen LogP contribution >= 0.6 is 11.3 Å². The summed E-state index contributed by atoms with van der Waals surface area (Å²) < 4.78 is 2.58. The number of rotatable bonds is 7. The maximum Gasteiger partial charge on any atom is 0.0555 e. The molecule has 1 aromatic heterocycles. The molecule has 54 heavy (non-hydrogen) atoms. The van der Waals surface area contributed by atoms with E-state index in [0.717, 1.165) is 11.4 Å². The number of benzene rings is 9. The largest absolute Gasteiger partial charge is 0.309 e. The van der Waals surface area contributed by atoms with E-state index in [9.17, 15) is 0 Å². The first-order valence-corrected chi connectivity index (χ1v) is 19.2. The van der Waals surface area contributed by atoms with Gasteiger partial charge in [-0.1, -0.05) is 164 Å². The molecule has 0 spiro atoms. The quantitative estimate of drug-likeness (QED) is 0.160. The summed E-state index contributed by atoms with van der Waals surface area (Å²) in [6.07, 6.45) is 0. The third-order valence-corrected chi connectivity index (χ3v) is 11.6. The zero-order valence-corrected chi connectivity index (χ0v) is 30.4. The summed E-state index contributed by atoms with van der Waals surface area (Å²) >= 11 is 1.86. The monoisotopic (exact) mass is 705 g/mol. The molecule has 0 fully saturated rings. The summed E-state index contributed by atoms with van der Waals surface area (Å²) in [5.74, 6) is 0. The molecule has 0 radical (unpaired) electrons. The van der Waals surface area contributed by atoms with Gasteiger partial charge in [0.25, 0.3) is 0 Å². The standard InChI is InChI=1S/C52H35NS/c1-3-12-36(13-4-1)38-22-26-41(27-23-38)46-16-7-9-18-48(46)53(49-19-11-21-51-52(49)47-17-8-10-20-50(47)54-51)45-32-30-39(31-33-45)43-29-25-40-24-28-42(34-44(40)35-43)37-14-5-2-6-15-37/h1-35H. The highest BCUT2D eigenvalue weighted by Gasteiger charge is 2.21. The highest BCUT2D eigenvalue weighted by molar-refractivity contribution is 7.26. The lowest BCUT2D eigenvalue weighted by atomic mass is 9.97. The zero-order chi connectivity index (χ0) is 35.8. The number of thiophene rings is 1. The van der Waals surface area contributed by atoms with Crippen molar-refractivity contribution in [3.63, 3.8) is 0 Å². The summed E-state index contributed by atoms with van der Waals surface area (Å²) in [5.41, 5.74) is 13.1. The fraction of sp³-hybridized carbons (Fsp3) is 0. The fourth-order valence-corrected chi connectivity index (χ4v) is 8.90. The molecule has 0 amide bonds. The van der Waals surface area contributed by atoms with E-state index in [4.69, 9.17) is 0 Å². The highest BCUT2D eigenvalue weighted by Crippen LogP contribution is 2.47. The Hall–Kier alpha value is -6.74. The Bertz CT molecular complexity index is 2910. The van der Waals surface area contributed by atoms with E-state index < -0.39 is 0 Å². The lowest BCUT2D eigenvalue weighted by molar-refractivity contribution is 1.30. The number of fused-ring (bicyclic) bond motifs is 4. The van der Waals surface area contributed by atoms with Crippen molar-refractivity contribution < 1.29 is 0 Å². The topological polar surface area (TPSA) is 3.24 Å². The van der Waals surface area contributed by atoms with Crippen molar-refractivity contribution in [2.24, 2.45) is 0 Å². The number of nitrogens with zero attached hydrogens (tertiary/aromatic N) is 1. The number of para-hydroxylation sites is 1. The Kier molecular flexibility index (Phi) is 8.09. The van der Waals surface area contributed by atoms with Gasteiger partial charge in [0.15, 0.2) is 0 Å². The predicted octanol–water partition coefficient (Wildman–Crippen LogP) is 15.3. The lowest BCUT2D eigenvalue weighted by Gasteiger charge is -2.29. The molecule has 1 nitrogen and oxygen atoms in total. The van der Waals surface area contributed by atoms with Crippen molar-refractivity contribution in [2.45, 2.75) is 0 Å². The van der Waals surface area contributed by atoms with Crippen LogP contribution in [0, 0.1) is 0 Å². The molecule has 0 N–H and O–H groups in total. The van der Waals surface area contributed by atoms with E-state index in [0.29, 0.717) is 0 Å². The van der Waals surface area contributed by atoms with Gasteiger partial charge in [0.2, 0.25) is 0 Å². The van der Waals surface area contributed by atoms with Crippen LogP contribution in [0.15, 0.2) is 212 Å². The van der Waals surface area contributed by atoms with Crippen LogP contribution in [0.1, 0.15) is 0 Å². The maximum absolute atomic E-state index is 2.46. The Morgan fingerprint density at radius 1 is 0.315 bits per heavy atom. The van der Waals surface area contributed by atoms with Crippen LogP contribution in [-0.2, 0) is 0 Å². The molecule has 0 aliphatic rings. The molecular formula is C52H35NS. The SMILES string of the molecule is c1ccc(-c2ccc(-c3ccccc3N(c3ccc(-c4ccc5ccc(-c6ccccc6)cc5c4)cc3)c3cccc4sc5ccccc5c34)cc2)cc1. The fourth-order valence-electron chi connectivity index (χ4n) is 7.78. The first kappa shape index (κ1) is 32.0. The molecule has 1 heterocycles. The minimum atomic E-state index is 1.11. The van der Waals surface area contributed by atoms with Crippen LogP contribution in [0.4, 0.5) is 17.1 Å². The van der Waals surface area contributed by atoms with E-state index in [1.807, 2.05) is 11.3 Å². The van der Waals surface area contributed by atoms with Crippen molar-refractivity contribution in [1.29, 1.82) is 0 Å². The summed E-state index contributed by atoms with van der Waals surface area (Å²) in [5, 5.41) is 5.04. The smallest absolute Gasteiger partial charge is 0.0555 e. The third kappa shape index (κ3) is 5.84. The van der Waals surface area contributed by atoms with Crippen molar-refractivity contribution in [3.05, 3.63) is 212 Å². The maximum atomic E-state index is 2.46. The van der Waals surface area contributed by atoms with Gasteiger partial charge >= 0.3 is 0 Å². The highest BCUT2D eigenvalue weighted by atomic mass is 32.1. The number of hydrogen-bond donors (Lipinski definition) is 0. The van der Waals surface area contributed by atoms with Crippen LogP contribution < -0.4 is 4.90 Å². The third-order valence-electron chi connectivity index (χ3n) is 10.5. The summed E-state index contributed by atoms with van der Waals surface area (Å²) in [4.78, 5) is 2.46. The van der Waals surface area contributed by atoms with Crippen molar-refractivity contribution in [1.82, 2.24) is 0 Å². The Morgan fingerprint density at radius 3 is 1.54 bits per heavy atom. The summed E-state index contributed by atoms with van der Waals surface area (Å²) in [6, 6.07) is 77.2. The van der Waals surface area contributed by atoms with Gasteiger partial charge in [-0.3, -0.25) is 0 Å². The van der Waals surface area contributed by atoms with Crippen molar-refractivity contribution >= 4 is 59.3 Å². The van der Waals surface area contributed by atoms with Crippen molar-refractivity contribution in [3.8, 4) is 44.5 Å². The Morgan fingerprint density at radius 2 is 0.815 bits per heavy atom. The van der Waals surface area contributed by atoms with Gasteiger partial charge in [-0.15, -0.1) is 11.3 Å². The average molecular weight is 706 g/mol. The molecule has 0 saturated carbocycles. The number of anilines is 3. The van der Waals surface area contributed by atoms with Crippen LogP contribution in [-0.4, -0.2) is 0 Å². The molecule has 0 aliphatic heterocycles. The first-order valence-electron chi connectivity index (χ1n) is 18.4. The second kappa shape index (κ2) is 13.7. The van der Waals surface area contributed by atoms with Crippen molar-refractivity contribution in [2.75, 3.05) is 4.90 Å². The van der Waals surface area contributed by atoms with Gasteiger partial charge in [0.05, 0.1) is 11.4 Å². The summed E-state index contributed by atoms with van der Waals surface area (Å²) in [6.45, 7) is 0. The van der Waals surface area contributed by atoms with Gasteiger partial charge in [-0.05, 0) is 98.2 Å².